The molecule has 0 saturated heterocycles. The van der Waals surface area contributed by atoms with E-state index in [-0.39, 0.29) is 36.8 Å². The first kappa shape index (κ1) is 24.2. The minimum atomic E-state index is -4.37. The van der Waals surface area contributed by atoms with E-state index in [2.05, 4.69) is 10.6 Å². The molecule has 0 aliphatic heterocycles. The number of alkyl halides is 3. The monoisotopic (exact) mass is 395 g/mol. The third kappa shape index (κ3) is 8.05. The molecule has 5 nitrogen and oxygen atoms in total. The number of hydrogen-bond acceptors (Lipinski definition) is 3. The Morgan fingerprint density at radius 3 is 2.12 bits per heavy atom. The van der Waals surface area contributed by atoms with Crippen LogP contribution in [0.5, 0.6) is 0 Å². The Morgan fingerprint density at radius 2 is 1.65 bits per heavy atom. The molecule has 0 heterocycles. The lowest BCUT2D eigenvalue weighted by molar-refractivity contribution is -0.137. The maximum Gasteiger partial charge on any atom is 0.416 e. The van der Waals surface area contributed by atoms with Crippen LogP contribution in [0.3, 0.4) is 0 Å². The van der Waals surface area contributed by atoms with Crippen LogP contribution in [-0.4, -0.2) is 30.4 Å². The molecule has 0 fully saturated rings. The molecule has 4 N–H and O–H groups in total. The Bertz CT molecular complexity index is 592. The molecule has 0 spiro atoms. The van der Waals surface area contributed by atoms with Crippen molar-refractivity contribution in [3.63, 3.8) is 0 Å². The molecule has 1 aromatic rings. The molecule has 1 aromatic carbocycles. The second-order valence-corrected chi connectivity index (χ2v) is 6.35. The normalized spacial score (nSPS) is 13.5. The molecule has 0 aliphatic carbocycles. The maximum absolute atomic E-state index is 12.5. The zero-order valence-corrected chi connectivity index (χ0v) is 15.7. The standard InChI is InChI=1S/C17H24F3N3O2.ClH/c1-10(2)15(21)16(25)22-9-14(24)23-11(3)8-12-4-6-13(7-5-12)17(18,19)20;/h4-7,10-11,15H,8-9,21H2,1-3H3,(H,22,25)(H,23,24);1H/t11?,15-;/m0./s1. The van der Waals surface area contributed by atoms with Gasteiger partial charge in [0.2, 0.25) is 11.8 Å². The summed E-state index contributed by atoms with van der Waals surface area (Å²) in [6.07, 6.45) is -3.99. The summed E-state index contributed by atoms with van der Waals surface area (Å²) in [6.45, 7) is 5.14. The van der Waals surface area contributed by atoms with Crippen molar-refractivity contribution in [2.24, 2.45) is 11.7 Å². The lowest BCUT2D eigenvalue weighted by atomic mass is 10.0. The number of nitrogens with one attached hydrogen (secondary N) is 2. The highest BCUT2D eigenvalue weighted by Gasteiger charge is 2.30. The van der Waals surface area contributed by atoms with Crippen molar-refractivity contribution in [1.82, 2.24) is 10.6 Å². The molecule has 0 bridgehead atoms. The molecule has 148 valence electrons. The zero-order valence-electron chi connectivity index (χ0n) is 14.9. The summed E-state index contributed by atoms with van der Waals surface area (Å²) >= 11 is 0. The van der Waals surface area contributed by atoms with Gasteiger partial charge in [-0.1, -0.05) is 26.0 Å². The number of carbonyl (C=O) groups excluding carboxylic acids is 2. The van der Waals surface area contributed by atoms with Crippen LogP contribution in [0.1, 0.15) is 31.9 Å². The maximum atomic E-state index is 12.5. The summed E-state index contributed by atoms with van der Waals surface area (Å²) in [5.74, 6) is -0.828. The topological polar surface area (TPSA) is 84.2 Å². The Kier molecular flexibility index (Phi) is 9.66. The summed E-state index contributed by atoms with van der Waals surface area (Å²) < 4.78 is 37.5. The molecule has 1 rings (SSSR count). The van der Waals surface area contributed by atoms with E-state index in [1.165, 1.54) is 12.1 Å². The van der Waals surface area contributed by atoms with Crippen molar-refractivity contribution in [2.45, 2.75) is 45.5 Å². The van der Waals surface area contributed by atoms with Crippen LogP contribution in [0.15, 0.2) is 24.3 Å². The average molecular weight is 396 g/mol. The number of hydrogen-bond donors (Lipinski definition) is 3. The first-order chi connectivity index (χ1) is 11.5. The molecule has 9 heteroatoms. The van der Waals surface area contributed by atoms with Gasteiger partial charge in [0, 0.05) is 6.04 Å². The summed E-state index contributed by atoms with van der Waals surface area (Å²) in [7, 11) is 0. The lowest BCUT2D eigenvalue weighted by Crippen LogP contribution is -2.48. The van der Waals surface area contributed by atoms with E-state index in [0.717, 1.165) is 12.1 Å². The van der Waals surface area contributed by atoms with E-state index in [1.807, 2.05) is 0 Å². The van der Waals surface area contributed by atoms with Crippen LogP contribution >= 0.6 is 12.4 Å². The number of amides is 2. The van der Waals surface area contributed by atoms with Crippen LogP contribution in [0.4, 0.5) is 13.2 Å². The van der Waals surface area contributed by atoms with Crippen molar-refractivity contribution in [1.29, 1.82) is 0 Å². The van der Waals surface area contributed by atoms with Gasteiger partial charge in [-0.3, -0.25) is 9.59 Å². The van der Waals surface area contributed by atoms with Gasteiger partial charge in [0.1, 0.15) is 0 Å². The van der Waals surface area contributed by atoms with E-state index in [9.17, 15) is 22.8 Å². The first-order valence-electron chi connectivity index (χ1n) is 7.99. The van der Waals surface area contributed by atoms with Crippen LogP contribution in [0.2, 0.25) is 0 Å². The van der Waals surface area contributed by atoms with E-state index in [1.54, 1.807) is 20.8 Å². The first-order valence-corrected chi connectivity index (χ1v) is 7.99. The van der Waals surface area contributed by atoms with Gasteiger partial charge < -0.3 is 16.4 Å². The fourth-order valence-corrected chi connectivity index (χ4v) is 2.15. The summed E-state index contributed by atoms with van der Waals surface area (Å²) in [6, 6.07) is 3.82. The molecule has 0 aromatic heterocycles. The summed E-state index contributed by atoms with van der Waals surface area (Å²) in [5, 5.41) is 5.14. The summed E-state index contributed by atoms with van der Waals surface area (Å²) in [5.41, 5.74) is 5.63. The SMILES string of the molecule is CC(Cc1ccc(C(F)(F)F)cc1)NC(=O)CNC(=O)[C@@H](N)C(C)C.Cl. The predicted octanol–water partition coefficient (Wildman–Crippen LogP) is 2.27. The zero-order chi connectivity index (χ0) is 19.2. The molecule has 2 amide bonds. The largest absolute Gasteiger partial charge is 0.416 e. The Balaban J connectivity index is 0.00000625. The molecule has 26 heavy (non-hydrogen) atoms. The Hall–Kier alpha value is -1.80. The van der Waals surface area contributed by atoms with Gasteiger partial charge in [-0.25, -0.2) is 0 Å². The highest BCUT2D eigenvalue weighted by atomic mass is 35.5. The summed E-state index contributed by atoms with van der Waals surface area (Å²) in [4.78, 5) is 23.5. The average Bonchev–Trinajstić information content (AvgIpc) is 2.51. The van der Waals surface area contributed by atoms with Crippen LogP contribution in [0.25, 0.3) is 0 Å². The van der Waals surface area contributed by atoms with Gasteiger partial charge in [0.05, 0.1) is 18.2 Å². The van der Waals surface area contributed by atoms with Crippen molar-refractivity contribution in [3.8, 4) is 0 Å². The Labute approximate surface area is 157 Å². The second-order valence-electron chi connectivity index (χ2n) is 6.35. The van der Waals surface area contributed by atoms with Gasteiger partial charge in [-0.2, -0.15) is 13.2 Å². The van der Waals surface area contributed by atoms with E-state index < -0.39 is 23.7 Å². The molecule has 0 saturated carbocycles. The van der Waals surface area contributed by atoms with Crippen LogP contribution in [0, 0.1) is 5.92 Å². The van der Waals surface area contributed by atoms with Crippen LogP contribution < -0.4 is 16.4 Å². The minimum Gasteiger partial charge on any atom is -0.352 e. The van der Waals surface area contributed by atoms with Crippen LogP contribution in [-0.2, 0) is 22.2 Å². The highest BCUT2D eigenvalue weighted by molar-refractivity contribution is 5.87. The van der Waals surface area contributed by atoms with Crippen molar-refractivity contribution >= 4 is 24.2 Å². The number of benzene rings is 1. The van der Waals surface area contributed by atoms with Gasteiger partial charge in [0.15, 0.2) is 0 Å². The van der Waals surface area contributed by atoms with Crippen molar-refractivity contribution < 1.29 is 22.8 Å². The van der Waals surface area contributed by atoms with E-state index in [4.69, 9.17) is 5.73 Å². The van der Waals surface area contributed by atoms with Crippen molar-refractivity contribution in [2.75, 3.05) is 6.54 Å². The number of carbonyl (C=O) groups is 2. The molecule has 1 unspecified atom stereocenters. The smallest absolute Gasteiger partial charge is 0.352 e. The molecule has 2 atom stereocenters. The molecular formula is C17H25ClF3N3O2. The fourth-order valence-electron chi connectivity index (χ4n) is 2.15. The van der Waals surface area contributed by atoms with E-state index in [0.29, 0.717) is 12.0 Å². The van der Waals surface area contributed by atoms with Gasteiger partial charge in [-0.15, -0.1) is 12.4 Å². The molecule has 0 radical (unpaired) electrons. The third-order valence-electron chi connectivity index (χ3n) is 3.67. The minimum absolute atomic E-state index is 0. The second kappa shape index (κ2) is 10.4. The highest BCUT2D eigenvalue weighted by Crippen LogP contribution is 2.29. The molecular weight excluding hydrogens is 371 g/mol. The van der Waals surface area contributed by atoms with Crippen molar-refractivity contribution in [3.05, 3.63) is 35.4 Å². The Morgan fingerprint density at radius 1 is 1.12 bits per heavy atom. The van der Waals surface area contributed by atoms with E-state index >= 15 is 0 Å². The number of halogens is 4. The predicted molar refractivity (Wildman–Crippen MR) is 95.8 cm³/mol. The van der Waals surface area contributed by atoms with Gasteiger partial charge in [-0.05, 0) is 37.0 Å². The number of nitrogens with two attached hydrogens (primary N) is 1. The fraction of sp³-hybridized carbons (Fsp3) is 0.529. The molecule has 0 aliphatic rings. The van der Waals surface area contributed by atoms with Gasteiger partial charge >= 0.3 is 6.18 Å². The lowest BCUT2D eigenvalue weighted by Gasteiger charge is -2.17. The van der Waals surface area contributed by atoms with Gasteiger partial charge in [0.25, 0.3) is 0 Å². The number of rotatable bonds is 7. The third-order valence-corrected chi connectivity index (χ3v) is 3.67. The quantitative estimate of drug-likeness (QED) is 0.662.